The first kappa shape index (κ1) is 13.4. The molecule has 0 bridgehead atoms. The number of rotatable bonds is 4. The molecular weight excluding hydrogens is 240 g/mol. The summed E-state index contributed by atoms with van der Waals surface area (Å²) in [4.78, 5) is 11.7. The van der Waals surface area contributed by atoms with Crippen molar-refractivity contribution < 1.29 is 9.53 Å². The van der Waals surface area contributed by atoms with Crippen molar-refractivity contribution in [3.63, 3.8) is 0 Å². The molecule has 1 aliphatic rings. The number of amides is 1. The lowest BCUT2D eigenvalue weighted by atomic mass is 9.87. The maximum Gasteiger partial charge on any atom is 0.258 e. The smallest absolute Gasteiger partial charge is 0.258 e. The zero-order valence-corrected chi connectivity index (χ0v) is 10.8. The molecule has 1 aromatic carbocycles. The largest absolute Gasteiger partial charge is 0.484 e. The second-order valence-corrected chi connectivity index (χ2v) is 4.85. The van der Waals surface area contributed by atoms with Crippen LogP contribution in [-0.4, -0.2) is 18.6 Å². The monoisotopic (exact) mass is 258 g/mol. The number of hydrogen-bond acceptors (Lipinski definition) is 3. The first-order valence-corrected chi connectivity index (χ1v) is 6.65. The first-order chi connectivity index (χ1) is 9.28. The Labute approximate surface area is 113 Å². The van der Waals surface area contributed by atoms with E-state index in [0.717, 1.165) is 25.7 Å². The van der Waals surface area contributed by atoms with Gasteiger partial charge in [-0.25, -0.2) is 0 Å². The minimum Gasteiger partial charge on any atom is -0.484 e. The molecule has 1 aliphatic carbocycles. The Hall–Kier alpha value is -2.02. The summed E-state index contributed by atoms with van der Waals surface area (Å²) in [6, 6.07) is 11.8. The van der Waals surface area contributed by atoms with Crippen molar-refractivity contribution in [2.75, 3.05) is 6.61 Å². The van der Waals surface area contributed by atoms with Crippen LogP contribution in [0.5, 0.6) is 5.75 Å². The molecule has 0 aromatic heterocycles. The van der Waals surface area contributed by atoms with Crippen molar-refractivity contribution >= 4 is 5.91 Å². The number of carbonyl (C=O) groups is 1. The lowest BCUT2D eigenvalue weighted by molar-refractivity contribution is -0.124. The highest BCUT2D eigenvalue weighted by Gasteiger charge is 2.22. The average molecular weight is 258 g/mol. The number of nitrogens with one attached hydrogen (secondary N) is 1. The molecule has 0 atom stereocenters. The van der Waals surface area contributed by atoms with Gasteiger partial charge in [0, 0.05) is 12.0 Å². The van der Waals surface area contributed by atoms with Crippen molar-refractivity contribution in [2.45, 2.75) is 31.7 Å². The molecular formula is C15H18N2O2. The van der Waals surface area contributed by atoms with Crippen molar-refractivity contribution in [3.05, 3.63) is 30.3 Å². The average Bonchev–Trinajstić information content (AvgIpc) is 2.47. The number of para-hydroxylation sites is 1. The van der Waals surface area contributed by atoms with Gasteiger partial charge in [0.25, 0.3) is 5.91 Å². The third-order valence-electron chi connectivity index (χ3n) is 3.39. The summed E-state index contributed by atoms with van der Waals surface area (Å²) in [6.07, 6.45) is 3.52. The van der Waals surface area contributed by atoms with Crippen LogP contribution in [0, 0.1) is 17.2 Å². The van der Waals surface area contributed by atoms with Crippen LogP contribution < -0.4 is 10.1 Å². The molecule has 4 heteroatoms. The van der Waals surface area contributed by atoms with Crippen LogP contribution in [0.4, 0.5) is 0 Å². The van der Waals surface area contributed by atoms with E-state index in [9.17, 15) is 4.79 Å². The zero-order chi connectivity index (χ0) is 13.5. The van der Waals surface area contributed by atoms with E-state index < -0.39 is 0 Å². The van der Waals surface area contributed by atoms with Crippen LogP contribution in [0.1, 0.15) is 25.7 Å². The maximum atomic E-state index is 11.7. The van der Waals surface area contributed by atoms with E-state index in [-0.39, 0.29) is 24.5 Å². The highest BCUT2D eigenvalue weighted by Crippen LogP contribution is 2.23. The standard InChI is InChI=1S/C15H18N2O2/c16-10-12-6-8-13(9-7-12)17-15(18)11-19-14-4-2-1-3-5-14/h1-5,12-13H,6-9,11H2,(H,17,18). The van der Waals surface area contributed by atoms with Gasteiger partial charge in [0.05, 0.1) is 6.07 Å². The zero-order valence-electron chi connectivity index (χ0n) is 10.8. The van der Waals surface area contributed by atoms with E-state index in [1.807, 2.05) is 30.3 Å². The summed E-state index contributed by atoms with van der Waals surface area (Å²) >= 11 is 0. The summed E-state index contributed by atoms with van der Waals surface area (Å²) < 4.78 is 5.39. The third-order valence-corrected chi connectivity index (χ3v) is 3.39. The molecule has 1 N–H and O–H groups in total. The summed E-state index contributed by atoms with van der Waals surface area (Å²) in [5, 5.41) is 11.8. The SMILES string of the molecule is N#CC1CCC(NC(=O)COc2ccccc2)CC1. The molecule has 0 radical (unpaired) electrons. The minimum absolute atomic E-state index is 0.0438. The molecule has 1 aromatic rings. The molecule has 2 rings (SSSR count). The fourth-order valence-corrected chi connectivity index (χ4v) is 2.30. The van der Waals surface area contributed by atoms with Crippen LogP contribution >= 0.6 is 0 Å². The van der Waals surface area contributed by atoms with Gasteiger partial charge >= 0.3 is 0 Å². The molecule has 1 fully saturated rings. The highest BCUT2D eigenvalue weighted by molar-refractivity contribution is 5.77. The predicted molar refractivity (Wildman–Crippen MR) is 71.4 cm³/mol. The summed E-state index contributed by atoms with van der Waals surface area (Å²) in [5.74, 6) is 0.767. The molecule has 0 unspecified atom stereocenters. The Morgan fingerprint density at radius 2 is 1.95 bits per heavy atom. The summed E-state index contributed by atoms with van der Waals surface area (Å²) in [7, 11) is 0. The Balaban J connectivity index is 1.69. The van der Waals surface area contributed by atoms with E-state index in [1.165, 1.54) is 0 Å². The van der Waals surface area contributed by atoms with Crippen LogP contribution in [0.25, 0.3) is 0 Å². The molecule has 0 saturated heterocycles. The number of hydrogen-bond donors (Lipinski definition) is 1. The molecule has 4 nitrogen and oxygen atoms in total. The Morgan fingerprint density at radius 1 is 1.26 bits per heavy atom. The number of nitrogens with zero attached hydrogens (tertiary/aromatic N) is 1. The highest BCUT2D eigenvalue weighted by atomic mass is 16.5. The fourth-order valence-electron chi connectivity index (χ4n) is 2.30. The number of carbonyl (C=O) groups excluding carboxylic acids is 1. The van der Waals surface area contributed by atoms with Crippen LogP contribution in [0.3, 0.4) is 0 Å². The Kier molecular flexibility index (Phi) is 4.79. The van der Waals surface area contributed by atoms with Crippen molar-refractivity contribution in [1.82, 2.24) is 5.32 Å². The molecule has 0 aliphatic heterocycles. The fraction of sp³-hybridized carbons (Fsp3) is 0.467. The summed E-state index contributed by atoms with van der Waals surface area (Å²) in [5.41, 5.74) is 0. The molecule has 19 heavy (non-hydrogen) atoms. The van der Waals surface area contributed by atoms with Gasteiger partial charge in [-0.05, 0) is 37.8 Å². The van der Waals surface area contributed by atoms with Crippen molar-refractivity contribution in [3.8, 4) is 11.8 Å². The number of benzene rings is 1. The lowest BCUT2D eigenvalue weighted by Crippen LogP contribution is -2.40. The van der Waals surface area contributed by atoms with E-state index in [0.29, 0.717) is 5.75 Å². The third kappa shape index (κ3) is 4.29. The predicted octanol–water partition coefficient (Wildman–Crippen LogP) is 2.26. The van der Waals surface area contributed by atoms with Gasteiger partial charge < -0.3 is 10.1 Å². The van der Waals surface area contributed by atoms with Gasteiger partial charge in [0.1, 0.15) is 5.75 Å². The van der Waals surface area contributed by atoms with Crippen LogP contribution in [0.2, 0.25) is 0 Å². The van der Waals surface area contributed by atoms with E-state index >= 15 is 0 Å². The quantitative estimate of drug-likeness (QED) is 0.901. The Bertz CT molecular complexity index is 445. The molecule has 1 amide bonds. The van der Waals surface area contributed by atoms with Crippen LogP contribution in [0.15, 0.2) is 30.3 Å². The Morgan fingerprint density at radius 3 is 2.58 bits per heavy atom. The molecule has 0 spiro atoms. The van der Waals surface area contributed by atoms with E-state index in [1.54, 1.807) is 0 Å². The van der Waals surface area contributed by atoms with E-state index in [4.69, 9.17) is 10.00 Å². The second-order valence-electron chi connectivity index (χ2n) is 4.85. The molecule has 100 valence electrons. The lowest BCUT2D eigenvalue weighted by Gasteiger charge is -2.25. The van der Waals surface area contributed by atoms with Gasteiger partial charge in [-0.1, -0.05) is 18.2 Å². The number of nitriles is 1. The number of ether oxygens (including phenoxy) is 1. The van der Waals surface area contributed by atoms with Gasteiger partial charge in [-0.2, -0.15) is 5.26 Å². The summed E-state index contributed by atoms with van der Waals surface area (Å²) in [6.45, 7) is 0.0438. The maximum absolute atomic E-state index is 11.7. The van der Waals surface area contributed by atoms with Gasteiger partial charge in [-0.15, -0.1) is 0 Å². The van der Waals surface area contributed by atoms with Gasteiger partial charge in [0.15, 0.2) is 6.61 Å². The topological polar surface area (TPSA) is 62.1 Å². The first-order valence-electron chi connectivity index (χ1n) is 6.65. The normalized spacial score (nSPS) is 22.3. The minimum atomic E-state index is -0.0933. The van der Waals surface area contributed by atoms with Gasteiger partial charge in [-0.3, -0.25) is 4.79 Å². The van der Waals surface area contributed by atoms with Crippen molar-refractivity contribution in [1.29, 1.82) is 5.26 Å². The molecule has 0 heterocycles. The van der Waals surface area contributed by atoms with Crippen molar-refractivity contribution in [2.24, 2.45) is 5.92 Å². The van der Waals surface area contributed by atoms with Crippen LogP contribution in [-0.2, 0) is 4.79 Å². The second kappa shape index (κ2) is 6.79. The van der Waals surface area contributed by atoms with Gasteiger partial charge in [0.2, 0.25) is 0 Å². The van der Waals surface area contributed by atoms with E-state index in [2.05, 4.69) is 11.4 Å². The molecule has 1 saturated carbocycles.